The molecule has 2 unspecified atom stereocenters. The molecule has 1 aliphatic rings. The molecular formula is C15H17NO3. The van der Waals surface area contributed by atoms with Crippen LogP contribution >= 0.6 is 0 Å². The molecule has 100 valence electrons. The maximum atomic E-state index is 12.5. The molecule has 1 aromatic heterocycles. The van der Waals surface area contributed by atoms with Gasteiger partial charge in [0.05, 0.1) is 7.11 Å². The summed E-state index contributed by atoms with van der Waals surface area (Å²) in [6.45, 7) is 2.73. The zero-order valence-corrected chi connectivity index (χ0v) is 11.1. The lowest BCUT2D eigenvalue weighted by Crippen LogP contribution is -2.25. The first-order valence-electron chi connectivity index (χ1n) is 6.51. The first-order chi connectivity index (χ1) is 9.20. The molecule has 19 heavy (non-hydrogen) atoms. The van der Waals surface area contributed by atoms with Crippen molar-refractivity contribution in [1.82, 2.24) is 4.98 Å². The van der Waals surface area contributed by atoms with Crippen LogP contribution in [0, 0.1) is 5.92 Å². The molecule has 1 aromatic carbocycles. The molecule has 4 nitrogen and oxygen atoms in total. The zero-order valence-electron chi connectivity index (χ0n) is 11.1. The fourth-order valence-electron chi connectivity index (χ4n) is 2.61. The van der Waals surface area contributed by atoms with Crippen LogP contribution in [0.4, 0.5) is 0 Å². The molecule has 2 aromatic rings. The number of hydrogen-bond donors (Lipinski definition) is 1. The van der Waals surface area contributed by atoms with Crippen LogP contribution in [0.2, 0.25) is 0 Å². The van der Waals surface area contributed by atoms with Gasteiger partial charge in [0.2, 0.25) is 0 Å². The summed E-state index contributed by atoms with van der Waals surface area (Å²) in [5, 5.41) is 0.895. The van der Waals surface area contributed by atoms with Gasteiger partial charge in [-0.25, -0.2) is 0 Å². The van der Waals surface area contributed by atoms with Gasteiger partial charge in [-0.05, 0) is 30.5 Å². The molecule has 1 saturated heterocycles. The van der Waals surface area contributed by atoms with E-state index in [2.05, 4.69) is 11.9 Å². The Morgan fingerprint density at radius 3 is 3.00 bits per heavy atom. The van der Waals surface area contributed by atoms with Gasteiger partial charge in [-0.3, -0.25) is 4.79 Å². The lowest BCUT2D eigenvalue weighted by Gasteiger charge is -2.12. The lowest BCUT2D eigenvalue weighted by atomic mass is 9.96. The number of rotatable bonds is 3. The highest BCUT2D eigenvalue weighted by Gasteiger charge is 2.32. The minimum absolute atomic E-state index is 0.0597. The Hall–Kier alpha value is -1.81. The molecule has 4 heteroatoms. The molecule has 2 heterocycles. The summed E-state index contributed by atoms with van der Waals surface area (Å²) < 4.78 is 10.8. The summed E-state index contributed by atoms with van der Waals surface area (Å²) in [6.07, 6.45) is 2.40. The SMILES string of the molecule is COc1ccc2[nH]cc(C(=O)C3OCCC3C)c2c1. The molecule has 1 N–H and O–H groups in total. The van der Waals surface area contributed by atoms with Crippen LogP contribution in [0.5, 0.6) is 5.75 Å². The topological polar surface area (TPSA) is 51.3 Å². The summed E-state index contributed by atoms with van der Waals surface area (Å²) in [7, 11) is 1.62. The minimum Gasteiger partial charge on any atom is -0.497 e. The van der Waals surface area contributed by atoms with Crippen molar-refractivity contribution in [3.8, 4) is 5.75 Å². The molecule has 0 spiro atoms. The van der Waals surface area contributed by atoms with Crippen molar-refractivity contribution in [2.24, 2.45) is 5.92 Å². The Morgan fingerprint density at radius 1 is 1.47 bits per heavy atom. The van der Waals surface area contributed by atoms with Crippen LogP contribution in [0.3, 0.4) is 0 Å². The number of nitrogens with one attached hydrogen (secondary N) is 1. The van der Waals surface area contributed by atoms with Crippen molar-refractivity contribution in [2.75, 3.05) is 13.7 Å². The van der Waals surface area contributed by atoms with E-state index in [1.807, 2.05) is 18.2 Å². The van der Waals surface area contributed by atoms with E-state index in [1.54, 1.807) is 13.3 Å². The van der Waals surface area contributed by atoms with Gasteiger partial charge >= 0.3 is 0 Å². The standard InChI is InChI=1S/C15H17NO3/c1-9-5-6-19-15(9)14(17)12-8-16-13-4-3-10(18-2)7-11(12)13/h3-4,7-9,15-16H,5-6H2,1-2H3. The van der Waals surface area contributed by atoms with Crippen LogP contribution < -0.4 is 4.74 Å². The van der Waals surface area contributed by atoms with Crippen LogP contribution in [-0.2, 0) is 4.74 Å². The largest absolute Gasteiger partial charge is 0.497 e. The van der Waals surface area contributed by atoms with Gasteiger partial charge in [-0.15, -0.1) is 0 Å². The van der Waals surface area contributed by atoms with Crippen LogP contribution in [0.15, 0.2) is 24.4 Å². The second-order valence-corrected chi connectivity index (χ2v) is 5.04. The van der Waals surface area contributed by atoms with Crippen molar-refractivity contribution in [3.63, 3.8) is 0 Å². The van der Waals surface area contributed by atoms with Gasteiger partial charge in [-0.2, -0.15) is 0 Å². The quantitative estimate of drug-likeness (QED) is 0.862. The number of carbonyl (C=O) groups is 1. The first kappa shape index (κ1) is 12.2. The van der Waals surface area contributed by atoms with Gasteiger partial charge in [0.25, 0.3) is 0 Å². The predicted octanol–water partition coefficient (Wildman–Crippen LogP) is 2.78. The van der Waals surface area contributed by atoms with Gasteiger partial charge in [0.1, 0.15) is 11.9 Å². The maximum absolute atomic E-state index is 12.5. The molecule has 0 radical (unpaired) electrons. The van der Waals surface area contributed by atoms with E-state index in [4.69, 9.17) is 9.47 Å². The van der Waals surface area contributed by atoms with E-state index in [-0.39, 0.29) is 17.8 Å². The van der Waals surface area contributed by atoms with E-state index < -0.39 is 0 Å². The van der Waals surface area contributed by atoms with E-state index >= 15 is 0 Å². The van der Waals surface area contributed by atoms with Crippen LogP contribution in [0.1, 0.15) is 23.7 Å². The minimum atomic E-state index is -0.315. The third kappa shape index (κ3) is 2.02. The van der Waals surface area contributed by atoms with Crippen molar-refractivity contribution >= 4 is 16.7 Å². The monoisotopic (exact) mass is 259 g/mol. The smallest absolute Gasteiger partial charge is 0.193 e. The molecular weight excluding hydrogens is 242 g/mol. The average molecular weight is 259 g/mol. The molecule has 3 rings (SSSR count). The Kier molecular flexibility index (Phi) is 3.03. The summed E-state index contributed by atoms with van der Waals surface area (Å²) in [6, 6.07) is 5.68. The van der Waals surface area contributed by atoms with Crippen molar-refractivity contribution in [3.05, 3.63) is 30.0 Å². The van der Waals surface area contributed by atoms with Crippen LogP contribution in [-0.4, -0.2) is 30.6 Å². The number of Topliss-reactive ketones (excluding diaryl/α,β-unsaturated/α-hetero) is 1. The number of aromatic amines is 1. The molecule has 1 fully saturated rings. The fraction of sp³-hybridized carbons (Fsp3) is 0.400. The van der Waals surface area contributed by atoms with Crippen molar-refractivity contribution in [1.29, 1.82) is 0 Å². The number of methoxy groups -OCH3 is 1. The van der Waals surface area contributed by atoms with Crippen molar-refractivity contribution < 1.29 is 14.3 Å². The molecule has 0 aliphatic carbocycles. The number of H-pyrrole nitrogens is 1. The summed E-state index contributed by atoms with van der Waals surface area (Å²) in [4.78, 5) is 15.7. The average Bonchev–Trinajstić information content (AvgIpc) is 3.03. The second-order valence-electron chi connectivity index (χ2n) is 5.04. The molecule has 2 atom stereocenters. The van der Waals surface area contributed by atoms with E-state index in [9.17, 15) is 4.79 Å². The number of benzene rings is 1. The number of ketones is 1. The van der Waals surface area contributed by atoms with E-state index in [1.165, 1.54) is 0 Å². The number of hydrogen-bond acceptors (Lipinski definition) is 3. The third-order valence-corrected chi connectivity index (χ3v) is 3.80. The molecule has 0 bridgehead atoms. The highest BCUT2D eigenvalue weighted by Crippen LogP contribution is 2.29. The highest BCUT2D eigenvalue weighted by atomic mass is 16.5. The fourth-order valence-corrected chi connectivity index (χ4v) is 2.61. The van der Waals surface area contributed by atoms with Gasteiger partial charge < -0.3 is 14.5 Å². The van der Waals surface area contributed by atoms with E-state index in [0.29, 0.717) is 12.2 Å². The molecule has 0 saturated carbocycles. The molecule has 1 aliphatic heterocycles. The van der Waals surface area contributed by atoms with E-state index in [0.717, 1.165) is 23.1 Å². The maximum Gasteiger partial charge on any atom is 0.193 e. The highest BCUT2D eigenvalue weighted by molar-refractivity contribution is 6.10. The predicted molar refractivity (Wildman–Crippen MR) is 72.7 cm³/mol. The van der Waals surface area contributed by atoms with Gasteiger partial charge in [0.15, 0.2) is 5.78 Å². The van der Waals surface area contributed by atoms with Crippen molar-refractivity contribution in [2.45, 2.75) is 19.4 Å². The van der Waals surface area contributed by atoms with Crippen LogP contribution in [0.25, 0.3) is 10.9 Å². The number of fused-ring (bicyclic) bond motifs is 1. The number of carbonyl (C=O) groups excluding carboxylic acids is 1. The Labute approximate surface area is 111 Å². The van der Waals surface area contributed by atoms with Gasteiger partial charge in [-0.1, -0.05) is 6.92 Å². The summed E-state index contributed by atoms with van der Waals surface area (Å²) in [5.41, 5.74) is 1.63. The lowest BCUT2D eigenvalue weighted by molar-refractivity contribution is 0.0581. The summed E-state index contributed by atoms with van der Waals surface area (Å²) >= 11 is 0. The Morgan fingerprint density at radius 2 is 2.32 bits per heavy atom. The zero-order chi connectivity index (χ0) is 13.4. The van der Waals surface area contributed by atoms with Gasteiger partial charge in [0, 0.05) is 29.3 Å². The second kappa shape index (κ2) is 4.70. The molecule has 0 amide bonds. The summed E-state index contributed by atoms with van der Waals surface area (Å²) in [5.74, 6) is 1.09. The Bertz CT molecular complexity index is 617. The normalized spacial score (nSPS) is 22.8. The Balaban J connectivity index is 2.02. The number of aromatic nitrogens is 1. The third-order valence-electron chi connectivity index (χ3n) is 3.80. The number of ether oxygens (including phenoxy) is 2. The first-order valence-corrected chi connectivity index (χ1v) is 6.51.